The Balaban J connectivity index is 1.79. The van der Waals surface area contributed by atoms with E-state index in [0.717, 1.165) is 36.1 Å². The van der Waals surface area contributed by atoms with Crippen molar-refractivity contribution in [1.82, 2.24) is 0 Å². The Morgan fingerprint density at radius 1 is 1.28 bits per heavy atom. The van der Waals surface area contributed by atoms with Gasteiger partial charge in [0.1, 0.15) is 5.00 Å². The van der Waals surface area contributed by atoms with Crippen molar-refractivity contribution < 1.29 is 9.59 Å². The number of urea groups is 1. The first-order valence-electron chi connectivity index (χ1n) is 8.25. The van der Waals surface area contributed by atoms with Crippen LogP contribution in [0.25, 0.3) is 0 Å². The van der Waals surface area contributed by atoms with E-state index in [-0.39, 0.29) is 0 Å². The van der Waals surface area contributed by atoms with Crippen LogP contribution in [0.2, 0.25) is 5.02 Å². The molecule has 0 saturated carbocycles. The number of carbonyl (C=O) groups is 2. The van der Waals surface area contributed by atoms with Crippen LogP contribution in [0.15, 0.2) is 24.3 Å². The molecule has 2 aromatic rings. The van der Waals surface area contributed by atoms with Crippen molar-refractivity contribution in [3.63, 3.8) is 0 Å². The predicted molar refractivity (Wildman–Crippen MR) is 103 cm³/mol. The van der Waals surface area contributed by atoms with E-state index in [1.54, 1.807) is 24.3 Å². The number of rotatable bonds is 4. The number of thiophene rings is 1. The molecule has 0 bridgehead atoms. The number of nitrogens with two attached hydrogens (primary N) is 1. The summed E-state index contributed by atoms with van der Waals surface area (Å²) in [5, 5.41) is 6.63. The first-order chi connectivity index (χ1) is 12.0. The highest BCUT2D eigenvalue weighted by molar-refractivity contribution is 7.17. The Labute approximate surface area is 155 Å². The maximum absolute atomic E-state index is 12.3. The van der Waals surface area contributed by atoms with Crippen LogP contribution in [-0.2, 0) is 12.8 Å². The summed E-state index contributed by atoms with van der Waals surface area (Å²) in [4.78, 5) is 25.4. The molecular weight excluding hydrogens is 358 g/mol. The molecule has 1 atom stereocenters. The molecular formula is C18H20ClN3O2S. The van der Waals surface area contributed by atoms with Crippen molar-refractivity contribution in [1.29, 1.82) is 0 Å². The zero-order valence-electron chi connectivity index (χ0n) is 13.9. The van der Waals surface area contributed by atoms with Crippen LogP contribution >= 0.6 is 22.9 Å². The molecule has 1 aliphatic carbocycles. The summed E-state index contributed by atoms with van der Waals surface area (Å²) in [5.41, 5.74) is 7.66. The number of hydrogen-bond donors (Lipinski definition) is 3. The van der Waals surface area contributed by atoms with Crippen LogP contribution in [0, 0.1) is 5.92 Å². The van der Waals surface area contributed by atoms with Gasteiger partial charge in [-0.3, -0.25) is 10.1 Å². The highest BCUT2D eigenvalue weighted by Gasteiger charge is 2.28. The second-order valence-corrected chi connectivity index (χ2v) is 7.72. The molecule has 0 aliphatic heterocycles. The van der Waals surface area contributed by atoms with Gasteiger partial charge >= 0.3 is 6.03 Å². The second kappa shape index (κ2) is 7.45. The molecule has 3 amide bonds. The molecule has 5 nitrogen and oxygen atoms in total. The van der Waals surface area contributed by atoms with E-state index in [9.17, 15) is 9.59 Å². The van der Waals surface area contributed by atoms with E-state index in [1.807, 2.05) is 0 Å². The smallest absolute Gasteiger partial charge is 0.324 e. The van der Waals surface area contributed by atoms with E-state index < -0.39 is 11.9 Å². The molecule has 7 heteroatoms. The summed E-state index contributed by atoms with van der Waals surface area (Å²) in [6.07, 6.45) is 3.94. The molecule has 1 aromatic heterocycles. The van der Waals surface area contributed by atoms with E-state index in [4.69, 9.17) is 17.3 Å². The van der Waals surface area contributed by atoms with Crippen LogP contribution in [0.3, 0.4) is 0 Å². The highest BCUT2D eigenvalue weighted by Crippen LogP contribution is 2.40. The number of carbonyl (C=O) groups excluding carboxylic acids is 2. The molecule has 1 aromatic carbocycles. The van der Waals surface area contributed by atoms with Crippen LogP contribution in [0.5, 0.6) is 0 Å². The first-order valence-corrected chi connectivity index (χ1v) is 9.45. The first kappa shape index (κ1) is 17.8. The number of hydrogen-bond acceptors (Lipinski definition) is 3. The number of anilines is 2. The van der Waals surface area contributed by atoms with Gasteiger partial charge in [0.05, 0.1) is 5.56 Å². The summed E-state index contributed by atoms with van der Waals surface area (Å²) in [6.45, 7) is 2.18. The normalized spacial score (nSPS) is 16.2. The zero-order chi connectivity index (χ0) is 18.0. The lowest BCUT2D eigenvalue weighted by Gasteiger charge is -2.20. The topological polar surface area (TPSA) is 84.2 Å². The molecule has 132 valence electrons. The maximum Gasteiger partial charge on any atom is 0.324 e. The quantitative estimate of drug-likeness (QED) is 0.723. The number of primary amides is 1. The van der Waals surface area contributed by atoms with Crippen LogP contribution < -0.4 is 16.4 Å². The molecule has 0 spiro atoms. The third kappa shape index (κ3) is 3.96. The Hall–Kier alpha value is -2.05. The number of amides is 3. The minimum Gasteiger partial charge on any atom is -0.365 e. The van der Waals surface area contributed by atoms with Gasteiger partial charge in [-0.1, -0.05) is 24.9 Å². The molecule has 0 fully saturated rings. The van der Waals surface area contributed by atoms with Crippen molar-refractivity contribution in [3.05, 3.63) is 45.3 Å². The molecule has 1 heterocycles. The summed E-state index contributed by atoms with van der Waals surface area (Å²) >= 11 is 7.29. The molecule has 4 N–H and O–H groups in total. The molecule has 0 saturated heterocycles. The number of halogens is 1. The fraction of sp³-hybridized carbons (Fsp3) is 0.333. The van der Waals surface area contributed by atoms with Gasteiger partial charge in [0.25, 0.3) is 5.91 Å². The van der Waals surface area contributed by atoms with Gasteiger partial charge in [0.15, 0.2) is 0 Å². The summed E-state index contributed by atoms with van der Waals surface area (Å²) in [6, 6.07) is 6.40. The number of benzene rings is 1. The van der Waals surface area contributed by atoms with Gasteiger partial charge in [-0.05, 0) is 55.0 Å². The van der Waals surface area contributed by atoms with E-state index >= 15 is 0 Å². The second-order valence-electron chi connectivity index (χ2n) is 6.18. The van der Waals surface area contributed by atoms with E-state index in [1.165, 1.54) is 11.3 Å². The number of nitrogens with one attached hydrogen (secondary N) is 2. The third-order valence-electron chi connectivity index (χ3n) is 4.52. The lowest BCUT2D eigenvalue weighted by molar-refractivity contribution is 0.1000. The Kier molecular flexibility index (Phi) is 5.30. The standard InChI is InChI=1S/C18H20ClN3O2S/c1-2-10-3-8-13-14(9-10)25-17(15(13)16(20)23)22-18(24)21-12-6-4-11(19)5-7-12/h4-7,10H,2-3,8-9H2,1H3,(H2,20,23)(H2,21,22,24)/t10-/m1/s1. The van der Waals surface area contributed by atoms with Gasteiger partial charge in [-0.2, -0.15) is 0 Å². The monoisotopic (exact) mass is 377 g/mol. The Morgan fingerprint density at radius 3 is 2.64 bits per heavy atom. The van der Waals surface area contributed by atoms with Crippen molar-refractivity contribution in [3.8, 4) is 0 Å². The van der Waals surface area contributed by atoms with Crippen molar-refractivity contribution in [2.75, 3.05) is 10.6 Å². The van der Waals surface area contributed by atoms with Crippen molar-refractivity contribution in [2.45, 2.75) is 32.6 Å². The van der Waals surface area contributed by atoms with Crippen LogP contribution in [-0.4, -0.2) is 11.9 Å². The maximum atomic E-state index is 12.3. The Bertz CT molecular complexity index is 801. The molecule has 0 radical (unpaired) electrons. The van der Waals surface area contributed by atoms with Crippen LogP contribution in [0.4, 0.5) is 15.5 Å². The summed E-state index contributed by atoms with van der Waals surface area (Å²) in [7, 11) is 0. The summed E-state index contributed by atoms with van der Waals surface area (Å²) in [5.74, 6) is 0.136. The predicted octanol–water partition coefficient (Wildman–Crippen LogP) is 4.66. The van der Waals surface area contributed by atoms with Crippen molar-refractivity contribution in [2.24, 2.45) is 11.7 Å². The fourth-order valence-electron chi connectivity index (χ4n) is 3.15. The lowest BCUT2D eigenvalue weighted by atomic mass is 9.85. The average molecular weight is 378 g/mol. The van der Waals surface area contributed by atoms with Gasteiger partial charge in [0.2, 0.25) is 0 Å². The van der Waals surface area contributed by atoms with Crippen molar-refractivity contribution >= 4 is 45.6 Å². The lowest BCUT2D eigenvalue weighted by Crippen LogP contribution is -2.22. The zero-order valence-corrected chi connectivity index (χ0v) is 15.5. The Morgan fingerprint density at radius 2 is 2.00 bits per heavy atom. The van der Waals surface area contributed by atoms with Gasteiger partial charge in [-0.25, -0.2) is 4.79 Å². The van der Waals surface area contributed by atoms with Gasteiger partial charge in [0, 0.05) is 15.6 Å². The largest absolute Gasteiger partial charge is 0.365 e. The molecule has 3 rings (SSSR count). The number of fused-ring (bicyclic) bond motifs is 1. The molecule has 25 heavy (non-hydrogen) atoms. The minimum atomic E-state index is -0.491. The minimum absolute atomic E-state index is 0.407. The SMILES string of the molecule is CC[C@@H]1CCc2c(sc(NC(=O)Nc3ccc(Cl)cc3)c2C(N)=O)C1. The van der Waals surface area contributed by atoms with E-state index in [0.29, 0.717) is 27.2 Å². The van der Waals surface area contributed by atoms with Crippen LogP contribution in [0.1, 0.15) is 40.6 Å². The van der Waals surface area contributed by atoms with E-state index in [2.05, 4.69) is 17.6 Å². The van der Waals surface area contributed by atoms with Gasteiger partial charge in [-0.15, -0.1) is 11.3 Å². The molecule has 0 unspecified atom stereocenters. The summed E-state index contributed by atoms with van der Waals surface area (Å²) < 4.78 is 0. The third-order valence-corrected chi connectivity index (χ3v) is 5.94. The average Bonchev–Trinajstić information content (AvgIpc) is 2.93. The molecule has 1 aliphatic rings. The highest BCUT2D eigenvalue weighted by atomic mass is 35.5. The van der Waals surface area contributed by atoms with Gasteiger partial charge < -0.3 is 11.1 Å². The fourth-order valence-corrected chi connectivity index (χ4v) is 4.64.